The average Bonchev–Trinajstić information content (AvgIpc) is 2.09. The SMILES string of the molecule is COc1cc(O)c(Br)cc1OC. The summed E-state index contributed by atoms with van der Waals surface area (Å²) in [5.41, 5.74) is 0. The number of ether oxygens (including phenoxy) is 2. The molecule has 1 aromatic carbocycles. The van der Waals surface area contributed by atoms with Crippen molar-refractivity contribution in [3.05, 3.63) is 16.6 Å². The third-order valence-corrected chi connectivity index (χ3v) is 2.09. The zero-order valence-corrected chi connectivity index (χ0v) is 8.38. The predicted molar refractivity (Wildman–Crippen MR) is 48.9 cm³/mol. The first-order valence-electron chi connectivity index (χ1n) is 3.29. The van der Waals surface area contributed by atoms with Gasteiger partial charge < -0.3 is 14.6 Å². The minimum atomic E-state index is 0.132. The van der Waals surface area contributed by atoms with Crippen molar-refractivity contribution in [1.29, 1.82) is 0 Å². The van der Waals surface area contributed by atoms with Gasteiger partial charge in [-0.1, -0.05) is 0 Å². The summed E-state index contributed by atoms with van der Waals surface area (Å²) in [5.74, 6) is 1.23. The van der Waals surface area contributed by atoms with E-state index >= 15 is 0 Å². The van der Waals surface area contributed by atoms with Gasteiger partial charge in [0, 0.05) is 12.1 Å². The quantitative estimate of drug-likeness (QED) is 0.850. The summed E-state index contributed by atoms with van der Waals surface area (Å²) in [6, 6.07) is 3.14. The lowest BCUT2D eigenvalue weighted by atomic mass is 10.3. The Bertz CT molecular complexity index is 257. The highest BCUT2D eigenvalue weighted by molar-refractivity contribution is 9.10. The van der Waals surface area contributed by atoms with Gasteiger partial charge >= 0.3 is 0 Å². The first-order valence-corrected chi connectivity index (χ1v) is 4.09. The van der Waals surface area contributed by atoms with Crippen molar-refractivity contribution in [1.82, 2.24) is 0 Å². The molecule has 0 aliphatic rings. The summed E-state index contributed by atoms with van der Waals surface area (Å²) in [6.07, 6.45) is 0. The van der Waals surface area contributed by atoms with Gasteiger partial charge in [-0.3, -0.25) is 0 Å². The van der Waals surface area contributed by atoms with Gasteiger partial charge in [-0.25, -0.2) is 0 Å². The molecule has 1 aromatic rings. The summed E-state index contributed by atoms with van der Waals surface area (Å²) < 4.78 is 10.6. The molecule has 0 unspecified atom stereocenters. The Labute approximate surface area is 79.1 Å². The highest BCUT2D eigenvalue weighted by Gasteiger charge is 2.07. The van der Waals surface area contributed by atoms with Crippen molar-refractivity contribution in [2.24, 2.45) is 0 Å². The van der Waals surface area contributed by atoms with E-state index in [1.165, 1.54) is 13.2 Å². The summed E-state index contributed by atoms with van der Waals surface area (Å²) >= 11 is 3.16. The monoisotopic (exact) mass is 232 g/mol. The van der Waals surface area contributed by atoms with Crippen LogP contribution in [0.4, 0.5) is 0 Å². The van der Waals surface area contributed by atoms with Crippen molar-refractivity contribution in [3.8, 4) is 17.2 Å². The van der Waals surface area contributed by atoms with Crippen LogP contribution in [0.5, 0.6) is 17.2 Å². The Morgan fingerprint density at radius 1 is 1.17 bits per heavy atom. The van der Waals surface area contributed by atoms with Crippen LogP contribution in [0.25, 0.3) is 0 Å². The Kier molecular flexibility index (Phi) is 2.81. The van der Waals surface area contributed by atoms with E-state index in [-0.39, 0.29) is 5.75 Å². The largest absolute Gasteiger partial charge is 0.507 e. The van der Waals surface area contributed by atoms with Crippen LogP contribution < -0.4 is 9.47 Å². The molecule has 3 nitrogen and oxygen atoms in total. The molecule has 0 radical (unpaired) electrons. The van der Waals surface area contributed by atoms with E-state index in [4.69, 9.17) is 9.47 Å². The Hall–Kier alpha value is -0.900. The fourth-order valence-electron chi connectivity index (χ4n) is 0.843. The van der Waals surface area contributed by atoms with E-state index in [2.05, 4.69) is 15.9 Å². The molecular formula is C8H9BrO3. The van der Waals surface area contributed by atoms with Gasteiger partial charge in [-0.15, -0.1) is 0 Å². The molecule has 0 saturated carbocycles. The van der Waals surface area contributed by atoms with Crippen LogP contribution in [0.15, 0.2) is 16.6 Å². The van der Waals surface area contributed by atoms with Crippen molar-refractivity contribution < 1.29 is 14.6 Å². The fraction of sp³-hybridized carbons (Fsp3) is 0.250. The maximum absolute atomic E-state index is 9.27. The summed E-state index contributed by atoms with van der Waals surface area (Å²) in [5, 5.41) is 9.27. The number of benzene rings is 1. The van der Waals surface area contributed by atoms with Crippen molar-refractivity contribution in [3.63, 3.8) is 0 Å². The topological polar surface area (TPSA) is 38.7 Å². The molecule has 0 fully saturated rings. The van der Waals surface area contributed by atoms with Gasteiger partial charge in [-0.2, -0.15) is 0 Å². The number of phenolic OH excluding ortho intramolecular Hbond substituents is 1. The molecule has 1 N–H and O–H groups in total. The van der Waals surface area contributed by atoms with Gasteiger partial charge in [-0.05, 0) is 15.9 Å². The number of halogens is 1. The third kappa shape index (κ3) is 1.64. The number of methoxy groups -OCH3 is 2. The first-order chi connectivity index (χ1) is 5.69. The van der Waals surface area contributed by atoms with Crippen molar-refractivity contribution in [2.45, 2.75) is 0 Å². The molecular weight excluding hydrogens is 224 g/mol. The van der Waals surface area contributed by atoms with Crippen LogP contribution in [-0.4, -0.2) is 19.3 Å². The molecule has 0 saturated heterocycles. The number of hydrogen-bond acceptors (Lipinski definition) is 3. The molecule has 12 heavy (non-hydrogen) atoms. The lowest BCUT2D eigenvalue weighted by molar-refractivity contribution is 0.351. The minimum Gasteiger partial charge on any atom is -0.507 e. The van der Waals surface area contributed by atoms with Crippen LogP contribution in [0.2, 0.25) is 0 Å². The second-order valence-electron chi connectivity index (χ2n) is 2.16. The lowest BCUT2D eigenvalue weighted by Crippen LogP contribution is -1.89. The van der Waals surface area contributed by atoms with Crippen molar-refractivity contribution in [2.75, 3.05) is 14.2 Å². The molecule has 0 aliphatic heterocycles. The van der Waals surface area contributed by atoms with Gasteiger partial charge in [0.25, 0.3) is 0 Å². The third-order valence-electron chi connectivity index (χ3n) is 1.45. The Balaban J connectivity index is 3.19. The molecule has 0 aromatic heterocycles. The highest BCUT2D eigenvalue weighted by atomic mass is 79.9. The molecule has 66 valence electrons. The maximum Gasteiger partial charge on any atom is 0.164 e. The van der Waals surface area contributed by atoms with Gasteiger partial charge in [0.2, 0.25) is 0 Å². The van der Waals surface area contributed by atoms with E-state index in [0.29, 0.717) is 16.0 Å². The number of hydrogen-bond donors (Lipinski definition) is 1. The number of rotatable bonds is 2. The van der Waals surface area contributed by atoms with Gasteiger partial charge in [0.05, 0.1) is 18.7 Å². The average molecular weight is 233 g/mol. The van der Waals surface area contributed by atoms with Crippen LogP contribution in [0.3, 0.4) is 0 Å². The molecule has 0 atom stereocenters. The molecule has 0 spiro atoms. The smallest absolute Gasteiger partial charge is 0.164 e. The zero-order valence-electron chi connectivity index (χ0n) is 6.80. The van der Waals surface area contributed by atoms with Crippen LogP contribution in [0, 0.1) is 0 Å². The van der Waals surface area contributed by atoms with Gasteiger partial charge in [0.15, 0.2) is 11.5 Å². The second-order valence-corrected chi connectivity index (χ2v) is 3.01. The zero-order chi connectivity index (χ0) is 9.14. The van der Waals surface area contributed by atoms with Crippen LogP contribution >= 0.6 is 15.9 Å². The molecule has 0 heterocycles. The highest BCUT2D eigenvalue weighted by Crippen LogP contribution is 2.36. The van der Waals surface area contributed by atoms with E-state index in [1.54, 1.807) is 13.2 Å². The van der Waals surface area contributed by atoms with Crippen LogP contribution in [-0.2, 0) is 0 Å². The summed E-state index contributed by atoms with van der Waals surface area (Å²) in [4.78, 5) is 0. The van der Waals surface area contributed by atoms with Gasteiger partial charge in [0.1, 0.15) is 5.75 Å². The number of phenols is 1. The predicted octanol–water partition coefficient (Wildman–Crippen LogP) is 2.17. The minimum absolute atomic E-state index is 0.132. The molecule has 0 bridgehead atoms. The maximum atomic E-state index is 9.27. The van der Waals surface area contributed by atoms with E-state index in [9.17, 15) is 5.11 Å². The molecule has 0 aliphatic carbocycles. The van der Waals surface area contributed by atoms with E-state index < -0.39 is 0 Å². The normalized spacial score (nSPS) is 9.58. The fourth-order valence-corrected chi connectivity index (χ4v) is 1.17. The molecule has 0 amide bonds. The van der Waals surface area contributed by atoms with Crippen molar-refractivity contribution >= 4 is 15.9 Å². The summed E-state index contributed by atoms with van der Waals surface area (Å²) in [7, 11) is 3.06. The lowest BCUT2D eigenvalue weighted by Gasteiger charge is -2.08. The van der Waals surface area contributed by atoms with E-state index in [1.807, 2.05) is 0 Å². The van der Waals surface area contributed by atoms with E-state index in [0.717, 1.165) is 0 Å². The molecule has 4 heteroatoms. The second kappa shape index (κ2) is 3.67. The Morgan fingerprint density at radius 3 is 2.17 bits per heavy atom. The number of aromatic hydroxyl groups is 1. The Morgan fingerprint density at radius 2 is 1.67 bits per heavy atom. The van der Waals surface area contributed by atoms with Crippen LogP contribution in [0.1, 0.15) is 0 Å². The standard InChI is InChI=1S/C8H9BrO3/c1-11-7-3-5(9)6(10)4-8(7)12-2/h3-4,10H,1-2H3. The first kappa shape index (κ1) is 9.19. The molecule has 1 rings (SSSR count). The summed E-state index contributed by atoms with van der Waals surface area (Å²) in [6.45, 7) is 0.